The molecule has 0 fully saturated rings. The largest absolute Gasteiger partial charge is 0.295 e. The molecule has 108 valence electrons. The molecule has 0 saturated heterocycles. The maximum Gasteiger partial charge on any atom is 0.273 e. The van der Waals surface area contributed by atoms with E-state index < -0.39 is 15.6 Å². The Kier molecular flexibility index (Phi) is 3.61. The summed E-state index contributed by atoms with van der Waals surface area (Å²) in [4.78, 5) is 3.94. The molecular formula is C12H17N5O2S. The fourth-order valence-corrected chi connectivity index (χ4v) is 2.74. The normalized spacial score (nSPS) is 12.6. The highest BCUT2D eigenvalue weighted by Gasteiger charge is 2.28. The van der Waals surface area contributed by atoms with Crippen LogP contribution in [0.25, 0.3) is 0 Å². The summed E-state index contributed by atoms with van der Waals surface area (Å²) in [5, 5.41) is 12.7. The predicted molar refractivity (Wildman–Crippen MR) is 73.4 cm³/mol. The molecule has 0 aliphatic carbocycles. The third-order valence-electron chi connectivity index (χ3n) is 2.74. The summed E-state index contributed by atoms with van der Waals surface area (Å²) in [5.74, 6) is 0.549. The van der Waals surface area contributed by atoms with Gasteiger partial charge in [-0.1, -0.05) is 0 Å². The first kappa shape index (κ1) is 14.6. The number of aromatic nitrogens is 4. The van der Waals surface area contributed by atoms with Crippen LogP contribution in [0, 0.1) is 0 Å². The molecule has 2 aromatic heterocycles. The zero-order valence-corrected chi connectivity index (χ0v) is 12.4. The van der Waals surface area contributed by atoms with Gasteiger partial charge in [0.2, 0.25) is 0 Å². The van der Waals surface area contributed by atoms with Crippen LogP contribution < -0.4 is 5.14 Å². The average Bonchev–Trinajstić information content (AvgIpc) is 2.73. The lowest BCUT2D eigenvalue weighted by Gasteiger charge is -2.24. The van der Waals surface area contributed by atoms with Gasteiger partial charge in [-0.3, -0.25) is 9.55 Å². The maximum absolute atomic E-state index is 11.6. The summed E-state index contributed by atoms with van der Waals surface area (Å²) in [5.41, 5.74) is 0.479. The Morgan fingerprint density at radius 1 is 1.20 bits per heavy atom. The SMILES string of the molecule is CC(C)(C)n1c(Cc2ccncc2)nnc1S(N)(=O)=O. The number of sulfonamides is 1. The van der Waals surface area contributed by atoms with Gasteiger partial charge in [-0.2, -0.15) is 0 Å². The molecule has 0 bridgehead atoms. The van der Waals surface area contributed by atoms with E-state index in [-0.39, 0.29) is 5.16 Å². The van der Waals surface area contributed by atoms with Crippen molar-refractivity contribution >= 4 is 10.0 Å². The Balaban J connectivity index is 2.53. The number of nitrogens with zero attached hydrogens (tertiary/aromatic N) is 4. The van der Waals surface area contributed by atoms with Crippen LogP contribution in [0.15, 0.2) is 29.7 Å². The van der Waals surface area contributed by atoms with Crippen LogP contribution in [0.5, 0.6) is 0 Å². The van der Waals surface area contributed by atoms with E-state index in [4.69, 9.17) is 5.14 Å². The van der Waals surface area contributed by atoms with Gasteiger partial charge in [0.05, 0.1) is 0 Å². The molecule has 0 radical (unpaired) electrons. The molecule has 20 heavy (non-hydrogen) atoms. The van der Waals surface area contributed by atoms with Crippen LogP contribution in [-0.4, -0.2) is 28.2 Å². The van der Waals surface area contributed by atoms with Crippen LogP contribution >= 0.6 is 0 Å². The lowest BCUT2D eigenvalue weighted by molar-refractivity contribution is 0.351. The first-order valence-electron chi connectivity index (χ1n) is 6.06. The van der Waals surface area contributed by atoms with Crippen molar-refractivity contribution in [2.24, 2.45) is 5.14 Å². The van der Waals surface area contributed by atoms with Crippen molar-refractivity contribution in [3.8, 4) is 0 Å². The van der Waals surface area contributed by atoms with E-state index in [1.165, 1.54) is 0 Å². The maximum atomic E-state index is 11.6. The van der Waals surface area contributed by atoms with Crippen LogP contribution in [0.2, 0.25) is 0 Å². The van der Waals surface area contributed by atoms with Crippen molar-refractivity contribution in [1.29, 1.82) is 0 Å². The molecule has 8 heteroatoms. The minimum atomic E-state index is -3.91. The Labute approximate surface area is 117 Å². The fraction of sp³-hybridized carbons (Fsp3) is 0.417. The average molecular weight is 295 g/mol. The van der Waals surface area contributed by atoms with Crippen molar-refractivity contribution in [1.82, 2.24) is 19.7 Å². The van der Waals surface area contributed by atoms with Gasteiger partial charge >= 0.3 is 0 Å². The molecule has 0 unspecified atom stereocenters. The Morgan fingerprint density at radius 3 is 2.30 bits per heavy atom. The van der Waals surface area contributed by atoms with Gasteiger partial charge in [0.15, 0.2) is 0 Å². The van der Waals surface area contributed by atoms with Gasteiger partial charge in [0.25, 0.3) is 15.2 Å². The molecule has 0 atom stereocenters. The van der Waals surface area contributed by atoms with Gasteiger partial charge in [-0.15, -0.1) is 10.2 Å². The van der Waals surface area contributed by atoms with Gasteiger partial charge in [0, 0.05) is 24.4 Å². The summed E-state index contributed by atoms with van der Waals surface area (Å²) >= 11 is 0. The first-order chi connectivity index (χ1) is 9.19. The quantitative estimate of drug-likeness (QED) is 0.896. The first-order valence-corrected chi connectivity index (χ1v) is 7.61. The third-order valence-corrected chi connectivity index (χ3v) is 3.51. The standard InChI is InChI=1S/C12H17N5O2S/c1-12(2,3)17-10(8-9-4-6-14-7-5-9)15-16-11(17)20(13,18)19/h4-7H,8H2,1-3H3,(H2,13,18,19). The number of hydrogen-bond donors (Lipinski definition) is 1. The predicted octanol–water partition coefficient (Wildman–Crippen LogP) is 0.666. The number of pyridine rings is 1. The second-order valence-corrected chi connectivity index (χ2v) is 6.94. The second kappa shape index (κ2) is 4.95. The van der Waals surface area contributed by atoms with E-state index in [0.29, 0.717) is 12.2 Å². The number of nitrogens with two attached hydrogens (primary N) is 1. The molecule has 2 heterocycles. The Morgan fingerprint density at radius 2 is 1.80 bits per heavy atom. The summed E-state index contributed by atoms with van der Waals surface area (Å²) in [6, 6.07) is 3.69. The molecule has 2 N–H and O–H groups in total. The molecule has 0 aliphatic heterocycles. The zero-order valence-electron chi connectivity index (χ0n) is 11.6. The molecular weight excluding hydrogens is 278 g/mol. The summed E-state index contributed by atoms with van der Waals surface area (Å²) < 4.78 is 24.8. The van der Waals surface area contributed by atoms with Crippen molar-refractivity contribution in [3.63, 3.8) is 0 Å². The highest BCUT2D eigenvalue weighted by atomic mass is 32.2. The smallest absolute Gasteiger partial charge is 0.273 e. The minimum Gasteiger partial charge on any atom is -0.295 e. The molecule has 0 saturated carbocycles. The van der Waals surface area contributed by atoms with E-state index in [1.807, 2.05) is 32.9 Å². The highest BCUT2D eigenvalue weighted by molar-refractivity contribution is 7.89. The van der Waals surface area contributed by atoms with Crippen molar-refractivity contribution in [3.05, 3.63) is 35.9 Å². The molecule has 2 rings (SSSR count). The summed E-state index contributed by atoms with van der Waals surface area (Å²) in [6.45, 7) is 5.63. The summed E-state index contributed by atoms with van der Waals surface area (Å²) in [6.07, 6.45) is 3.81. The van der Waals surface area contributed by atoms with Crippen LogP contribution in [0.1, 0.15) is 32.2 Å². The number of hydrogen-bond acceptors (Lipinski definition) is 5. The molecule has 0 aromatic carbocycles. The number of primary sulfonamides is 1. The van der Waals surface area contributed by atoms with Gasteiger partial charge < -0.3 is 0 Å². The van der Waals surface area contributed by atoms with Crippen molar-refractivity contribution in [2.75, 3.05) is 0 Å². The van der Waals surface area contributed by atoms with Crippen LogP contribution in [-0.2, 0) is 22.0 Å². The molecule has 0 aliphatic rings. The Bertz CT molecular complexity index is 701. The lowest BCUT2D eigenvalue weighted by Crippen LogP contribution is -2.30. The topological polar surface area (TPSA) is 104 Å². The van der Waals surface area contributed by atoms with Gasteiger partial charge in [0.1, 0.15) is 5.82 Å². The number of rotatable bonds is 3. The molecule has 7 nitrogen and oxygen atoms in total. The third kappa shape index (κ3) is 3.02. The second-order valence-electron chi connectivity index (χ2n) is 5.48. The fourth-order valence-electron chi connectivity index (χ4n) is 1.96. The lowest BCUT2D eigenvalue weighted by atomic mass is 10.1. The van der Waals surface area contributed by atoms with Crippen molar-refractivity contribution < 1.29 is 8.42 Å². The van der Waals surface area contributed by atoms with Gasteiger partial charge in [-0.25, -0.2) is 13.6 Å². The van der Waals surface area contributed by atoms with E-state index in [2.05, 4.69) is 15.2 Å². The van der Waals surface area contributed by atoms with E-state index >= 15 is 0 Å². The van der Waals surface area contributed by atoms with Gasteiger partial charge in [-0.05, 0) is 38.5 Å². The zero-order chi connectivity index (χ0) is 15.0. The van der Waals surface area contributed by atoms with Crippen LogP contribution in [0.3, 0.4) is 0 Å². The molecule has 2 aromatic rings. The van der Waals surface area contributed by atoms with Crippen molar-refractivity contribution in [2.45, 2.75) is 37.9 Å². The van der Waals surface area contributed by atoms with Crippen LogP contribution in [0.4, 0.5) is 0 Å². The highest BCUT2D eigenvalue weighted by Crippen LogP contribution is 2.22. The Hall–Kier alpha value is -1.80. The van der Waals surface area contributed by atoms with E-state index in [1.54, 1.807) is 17.0 Å². The molecule has 0 spiro atoms. The van der Waals surface area contributed by atoms with E-state index in [9.17, 15) is 8.42 Å². The molecule has 0 amide bonds. The minimum absolute atomic E-state index is 0.214. The summed E-state index contributed by atoms with van der Waals surface area (Å²) in [7, 11) is -3.91. The monoisotopic (exact) mass is 295 g/mol. The van der Waals surface area contributed by atoms with E-state index in [0.717, 1.165) is 5.56 Å².